The summed E-state index contributed by atoms with van der Waals surface area (Å²) in [5.41, 5.74) is 1.88. The molecule has 0 heterocycles. The SMILES string of the molecule is O=C(CCNS(=O)(=O)c1ccccc1)NNc1c(F)c(F)c(F)c(F)c1F. The molecule has 2 aromatic carbocycles. The van der Waals surface area contributed by atoms with E-state index in [9.17, 15) is 35.2 Å². The lowest BCUT2D eigenvalue weighted by molar-refractivity contribution is -0.120. The van der Waals surface area contributed by atoms with E-state index in [1.165, 1.54) is 24.3 Å². The summed E-state index contributed by atoms with van der Waals surface area (Å²) in [6.45, 7) is -0.373. The average Bonchev–Trinajstić information content (AvgIpc) is 2.65. The van der Waals surface area contributed by atoms with Crippen LogP contribution < -0.4 is 15.6 Å². The molecule has 0 aliphatic rings. The molecule has 0 atom stereocenters. The molecule has 0 saturated heterocycles. The zero-order chi connectivity index (χ0) is 20.2. The normalized spacial score (nSPS) is 11.3. The second-order valence-corrected chi connectivity index (χ2v) is 6.85. The van der Waals surface area contributed by atoms with Crippen molar-refractivity contribution in [3.8, 4) is 0 Å². The molecule has 0 aliphatic carbocycles. The second-order valence-electron chi connectivity index (χ2n) is 5.08. The zero-order valence-electron chi connectivity index (χ0n) is 13.3. The molecule has 0 saturated carbocycles. The van der Waals surface area contributed by atoms with Crippen LogP contribution in [0.3, 0.4) is 0 Å². The van der Waals surface area contributed by atoms with E-state index >= 15 is 0 Å². The molecule has 27 heavy (non-hydrogen) atoms. The first-order valence-electron chi connectivity index (χ1n) is 7.26. The Hall–Kier alpha value is -2.73. The summed E-state index contributed by atoms with van der Waals surface area (Å²) in [6, 6.07) is 7.25. The maximum atomic E-state index is 13.4. The lowest BCUT2D eigenvalue weighted by Gasteiger charge is -2.12. The Balaban J connectivity index is 1.93. The highest BCUT2D eigenvalue weighted by molar-refractivity contribution is 7.89. The van der Waals surface area contributed by atoms with Crippen molar-refractivity contribution in [1.82, 2.24) is 10.1 Å². The van der Waals surface area contributed by atoms with E-state index in [1.807, 2.05) is 0 Å². The Morgan fingerprint density at radius 2 is 1.37 bits per heavy atom. The summed E-state index contributed by atoms with van der Waals surface area (Å²) in [6.07, 6.45) is -0.478. The Morgan fingerprint density at radius 1 is 0.852 bits per heavy atom. The van der Waals surface area contributed by atoms with Crippen LogP contribution in [-0.4, -0.2) is 20.9 Å². The maximum absolute atomic E-state index is 13.4. The van der Waals surface area contributed by atoms with Crippen molar-refractivity contribution < 1.29 is 35.2 Å². The van der Waals surface area contributed by atoms with Gasteiger partial charge in [0.05, 0.1) is 4.90 Å². The molecule has 0 aromatic heterocycles. The predicted molar refractivity (Wildman–Crippen MR) is 84.2 cm³/mol. The first-order valence-corrected chi connectivity index (χ1v) is 8.74. The number of sulfonamides is 1. The lowest BCUT2D eigenvalue weighted by atomic mass is 10.2. The van der Waals surface area contributed by atoms with Crippen molar-refractivity contribution in [2.24, 2.45) is 0 Å². The van der Waals surface area contributed by atoms with Crippen LogP contribution in [0.15, 0.2) is 35.2 Å². The molecule has 146 valence electrons. The number of amides is 1. The van der Waals surface area contributed by atoms with Gasteiger partial charge in [-0.1, -0.05) is 18.2 Å². The number of hydrazine groups is 1. The smallest absolute Gasteiger partial charge is 0.240 e. The van der Waals surface area contributed by atoms with Crippen LogP contribution in [0, 0.1) is 29.1 Å². The third-order valence-corrected chi connectivity index (χ3v) is 4.71. The average molecular weight is 409 g/mol. The molecule has 1 amide bonds. The minimum Gasteiger partial charge on any atom is -0.293 e. The van der Waals surface area contributed by atoms with Gasteiger partial charge in [-0.15, -0.1) is 0 Å². The van der Waals surface area contributed by atoms with Gasteiger partial charge in [-0.3, -0.25) is 15.6 Å². The number of hydrogen-bond donors (Lipinski definition) is 3. The summed E-state index contributed by atoms with van der Waals surface area (Å²) in [5.74, 6) is -12.0. The molecular formula is C15H12F5N3O3S. The van der Waals surface area contributed by atoms with Crippen molar-refractivity contribution in [2.75, 3.05) is 12.0 Å². The van der Waals surface area contributed by atoms with Gasteiger partial charge in [-0.2, -0.15) is 0 Å². The van der Waals surface area contributed by atoms with E-state index in [4.69, 9.17) is 0 Å². The van der Waals surface area contributed by atoms with Crippen molar-refractivity contribution in [1.29, 1.82) is 0 Å². The molecule has 0 aliphatic heterocycles. The molecule has 0 radical (unpaired) electrons. The van der Waals surface area contributed by atoms with Crippen molar-refractivity contribution in [3.05, 3.63) is 59.4 Å². The molecule has 12 heteroatoms. The summed E-state index contributed by atoms with van der Waals surface area (Å²) in [7, 11) is -3.86. The minimum absolute atomic E-state index is 0.0371. The van der Waals surface area contributed by atoms with Crippen LogP contribution >= 0.6 is 0 Å². The number of benzene rings is 2. The molecule has 3 N–H and O–H groups in total. The van der Waals surface area contributed by atoms with Gasteiger partial charge < -0.3 is 0 Å². The molecule has 2 rings (SSSR count). The maximum Gasteiger partial charge on any atom is 0.240 e. The summed E-state index contributed by atoms with van der Waals surface area (Å²) in [4.78, 5) is 11.5. The highest BCUT2D eigenvalue weighted by Gasteiger charge is 2.26. The van der Waals surface area contributed by atoms with Gasteiger partial charge in [0.25, 0.3) is 0 Å². The zero-order valence-corrected chi connectivity index (χ0v) is 14.1. The molecule has 2 aromatic rings. The quantitative estimate of drug-likeness (QED) is 0.283. The molecule has 6 nitrogen and oxygen atoms in total. The van der Waals surface area contributed by atoms with Gasteiger partial charge in [-0.05, 0) is 12.1 Å². The summed E-state index contributed by atoms with van der Waals surface area (Å²) in [5, 5.41) is 0. The number of carbonyl (C=O) groups excluding carboxylic acids is 1. The van der Waals surface area contributed by atoms with Crippen LogP contribution in [-0.2, 0) is 14.8 Å². The fourth-order valence-corrected chi connectivity index (χ4v) is 2.94. The van der Waals surface area contributed by atoms with Gasteiger partial charge in [0.1, 0.15) is 5.69 Å². The lowest BCUT2D eigenvalue weighted by Crippen LogP contribution is -2.34. The molecule has 0 spiro atoms. The third kappa shape index (κ3) is 4.71. The van der Waals surface area contributed by atoms with E-state index in [-0.39, 0.29) is 11.4 Å². The first kappa shape index (κ1) is 20.6. The number of carbonyl (C=O) groups is 1. The Kier molecular flexibility index (Phi) is 6.33. The van der Waals surface area contributed by atoms with Crippen molar-refractivity contribution in [2.45, 2.75) is 11.3 Å². The van der Waals surface area contributed by atoms with Gasteiger partial charge in [0.2, 0.25) is 21.7 Å². The number of anilines is 1. The summed E-state index contributed by atoms with van der Waals surface area (Å²) < 4.78 is 91.8. The van der Waals surface area contributed by atoms with E-state index < -0.39 is 57.1 Å². The monoisotopic (exact) mass is 409 g/mol. The first-order chi connectivity index (χ1) is 12.6. The van der Waals surface area contributed by atoms with E-state index in [1.54, 1.807) is 16.9 Å². The number of nitrogens with one attached hydrogen (secondary N) is 3. The summed E-state index contributed by atoms with van der Waals surface area (Å²) >= 11 is 0. The van der Waals surface area contributed by atoms with Crippen LogP contribution in [0.5, 0.6) is 0 Å². The molecule has 0 fully saturated rings. The minimum atomic E-state index is -3.86. The van der Waals surface area contributed by atoms with Crippen molar-refractivity contribution in [3.63, 3.8) is 0 Å². The molecule has 0 unspecified atom stereocenters. The van der Waals surface area contributed by atoms with Gasteiger partial charge in [-0.25, -0.2) is 35.1 Å². The second kappa shape index (κ2) is 8.31. The van der Waals surface area contributed by atoms with Crippen LogP contribution in [0.25, 0.3) is 0 Å². The van der Waals surface area contributed by atoms with Crippen LogP contribution in [0.4, 0.5) is 27.6 Å². The van der Waals surface area contributed by atoms with E-state index in [2.05, 4.69) is 4.72 Å². The van der Waals surface area contributed by atoms with Crippen LogP contribution in [0.1, 0.15) is 6.42 Å². The predicted octanol–water partition coefficient (Wildman–Crippen LogP) is 2.19. The fraction of sp³-hybridized carbons (Fsp3) is 0.133. The highest BCUT2D eigenvalue weighted by atomic mass is 32.2. The Labute approximate surface area is 150 Å². The number of hydrogen-bond acceptors (Lipinski definition) is 4. The van der Waals surface area contributed by atoms with E-state index in [0.29, 0.717) is 0 Å². The van der Waals surface area contributed by atoms with Gasteiger partial charge >= 0.3 is 0 Å². The van der Waals surface area contributed by atoms with Crippen LogP contribution in [0.2, 0.25) is 0 Å². The largest absolute Gasteiger partial charge is 0.293 e. The van der Waals surface area contributed by atoms with Crippen molar-refractivity contribution >= 4 is 21.6 Å². The highest BCUT2D eigenvalue weighted by Crippen LogP contribution is 2.26. The number of halogens is 5. The Morgan fingerprint density at radius 3 is 1.93 bits per heavy atom. The fourth-order valence-electron chi connectivity index (χ4n) is 1.89. The topological polar surface area (TPSA) is 87.3 Å². The Bertz CT molecular complexity index is 926. The standard InChI is InChI=1S/C15H12F5N3O3S/c16-10-11(17)13(19)15(14(20)12(10)18)23-22-9(24)6-7-21-27(25,26)8-4-2-1-3-5-8/h1-5,21,23H,6-7H2,(H,22,24). The van der Waals surface area contributed by atoms with E-state index in [0.717, 1.165) is 0 Å². The molecular weight excluding hydrogens is 397 g/mol. The number of rotatable bonds is 7. The third-order valence-electron chi connectivity index (χ3n) is 3.23. The van der Waals surface area contributed by atoms with Gasteiger partial charge in [0, 0.05) is 13.0 Å². The van der Waals surface area contributed by atoms with Gasteiger partial charge in [0.15, 0.2) is 23.3 Å². The molecule has 0 bridgehead atoms.